The average molecular weight is 244 g/mol. The van der Waals surface area contributed by atoms with Crippen molar-refractivity contribution in [3.05, 3.63) is 30.0 Å². The van der Waals surface area contributed by atoms with E-state index in [1.165, 1.54) is 0 Å². The van der Waals surface area contributed by atoms with Gasteiger partial charge in [-0.3, -0.25) is 0 Å². The van der Waals surface area contributed by atoms with Gasteiger partial charge in [0.1, 0.15) is 11.6 Å². The van der Waals surface area contributed by atoms with Crippen molar-refractivity contribution in [1.29, 1.82) is 0 Å². The van der Waals surface area contributed by atoms with E-state index < -0.39 is 0 Å². The number of hydrogen-bond acceptors (Lipinski definition) is 5. The highest BCUT2D eigenvalue weighted by molar-refractivity contribution is 5.41. The summed E-state index contributed by atoms with van der Waals surface area (Å²) in [7, 11) is 0. The van der Waals surface area contributed by atoms with Crippen molar-refractivity contribution in [2.75, 3.05) is 18.0 Å². The van der Waals surface area contributed by atoms with E-state index in [4.69, 9.17) is 0 Å². The van der Waals surface area contributed by atoms with Gasteiger partial charge in [-0.25, -0.2) is 14.6 Å². The van der Waals surface area contributed by atoms with Gasteiger partial charge in [0.25, 0.3) is 0 Å². The molecule has 0 aromatic carbocycles. The topological polar surface area (TPSA) is 59.7 Å². The van der Waals surface area contributed by atoms with Crippen LogP contribution in [0, 0.1) is 13.8 Å². The smallest absolute Gasteiger partial charge is 0.132 e. The van der Waals surface area contributed by atoms with Gasteiger partial charge in [-0.05, 0) is 20.3 Å². The third-order valence-electron chi connectivity index (χ3n) is 3.25. The first-order valence-electron chi connectivity index (χ1n) is 6.15. The monoisotopic (exact) mass is 244 g/mol. The van der Waals surface area contributed by atoms with Crippen LogP contribution in [0.2, 0.25) is 0 Å². The van der Waals surface area contributed by atoms with Crippen LogP contribution in [-0.4, -0.2) is 38.1 Å². The minimum Gasteiger partial charge on any atom is -0.354 e. The van der Waals surface area contributed by atoms with Gasteiger partial charge >= 0.3 is 0 Å². The fraction of sp³-hybridized carbons (Fsp3) is 0.500. The summed E-state index contributed by atoms with van der Waals surface area (Å²) in [6, 6.07) is 2.43. The van der Waals surface area contributed by atoms with Crippen molar-refractivity contribution < 1.29 is 0 Å². The molecule has 0 saturated carbocycles. The van der Waals surface area contributed by atoms with E-state index in [1.54, 1.807) is 6.20 Å². The number of aryl methyl sites for hydroxylation is 2. The number of nitrogens with zero attached hydrogens (tertiary/aromatic N) is 6. The van der Waals surface area contributed by atoms with Crippen LogP contribution < -0.4 is 4.90 Å². The van der Waals surface area contributed by atoms with Gasteiger partial charge in [-0.1, -0.05) is 5.21 Å². The summed E-state index contributed by atoms with van der Waals surface area (Å²) in [5, 5.41) is 7.93. The van der Waals surface area contributed by atoms with Crippen molar-refractivity contribution in [2.24, 2.45) is 0 Å². The van der Waals surface area contributed by atoms with E-state index in [1.807, 2.05) is 30.8 Å². The lowest BCUT2D eigenvalue weighted by Gasteiger charge is -2.18. The van der Waals surface area contributed by atoms with E-state index in [2.05, 4.69) is 25.2 Å². The maximum Gasteiger partial charge on any atom is 0.132 e. The van der Waals surface area contributed by atoms with Crippen molar-refractivity contribution in [2.45, 2.75) is 26.3 Å². The standard InChI is InChI=1S/C12H16N6/c1-9-7-12(15-10(2)14-9)17-5-3-11(8-17)18-6-4-13-16-18/h4,6-7,11H,3,5,8H2,1-2H3. The van der Waals surface area contributed by atoms with Crippen LogP contribution in [0.15, 0.2) is 18.5 Å². The maximum atomic E-state index is 4.50. The highest BCUT2D eigenvalue weighted by Gasteiger charge is 2.25. The normalized spacial score (nSPS) is 19.4. The van der Waals surface area contributed by atoms with Gasteiger partial charge in [-0.15, -0.1) is 5.10 Å². The zero-order valence-corrected chi connectivity index (χ0v) is 10.6. The number of rotatable bonds is 2. The molecule has 6 heteroatoms. The highest BCUT2D eigenvalue weighted by Crippen LogP contribution is 2.25. The van der Waals surface area contributed by atoms with Crippen molar-refractivity contribution >= 4 is 5.82 Å². The fourth-order valence-electron chi connectivity index (χ4n) is 2.44. The Balaban J connectivity index is 1.79. The fourth-order valence-corrected chi connectivity index (χ4v) is 2.44. The molecule has 6 nitrogen and oxygen atoms in total. The molecular weight excluding hydrogens is 228 g/mol. The van der Waals surface area contributed by atoms with Crippen molar-refractivity contribution in [3.8, 4) is 0 Å². The molecule has 3 rings (SSSR count). The molecule has 1 fully saturated rings. The predicted molar refractivity (Wildman–Crippen MR) is 67.4 cm³/mol. The van der Waals surface area contributed by atoms with E-state index in [-0.39, 0.29) is 0 Å². The van der Waals surface area contributed by atoms with Crippen LogP contribution in [0.4, 0.5) is 5.82 Å². The lowest BCUT2D eigenvalue weighted by molar-refractivity contribution is 0.479. The second kappa shape index (κ2) is 4.36. The molecule has 18 heavy (non-hydrogen) atoms. The average Bonchev–Trinajstić information content (AvgIpc) is 2.99. The minimum absolute atomic E-state index is 0.392. The second-order valence-corrected chi connectivity index (χ2v) is 4.69. The van der Waals surface area contributed by atoms with E-state index in [9.17, 15) is 0 Å². The first-order valence-corrected chi connectivity index (χ1v) is 6.15. The number of hydrogen-bond donors (Lipinski definition) is 0. The summed E-state index contributed by atoms with van der Waals surface area (Å²) in [5.74, 6) is 1.84. The number of anilines is 1. The molecule has 94 valence electrons. The summed E-state index contributed by atoms with van der Waals surface area (Å²) >= 11 is 0. The van der Waals surface area contributed by atoms with Crippen molar-refractivity contribution in [1.82, 2.24) is 25.0 Å². The Morgan fingerprint density at radius 2 is 2.17 bits per heavy atom. The third kappa shape index (κ3) is 2.05. The van der Waals surface area contributed by atoms with Gasteiger partial charge in [0.05, 0.1) is 12.2 Å². The first-order chi connectivity index (χ1) is 8.72. The molecule has 3 heterocycles. The highest BCUT2D eigenvalue weighted by atomic mass is 15.4. The Kier molecular flexibility index (Phi) is 2.70. The molecule has 1 aliphatic rings. The van der Waals surface area contributed by atoms with Crippen LogP contribution >= 0.6 is 0 Å². The molecule has 1 atom stereocenters. The summed E-state index contributed by atoms with van der Waals surface area (Å²) in [4.78, 5) is 11.1. The largest absolute Gasteiger partial charge is 0.354 e. The third-order valence-corrected chi connectivity index (χ3v) is 3.25. The molecule has 2 aromatic heterocycles. The molecule has 1 saturated heterocycles. The minimum atomic E-state index is 0.392. The van der Waals surface area contributed by atoms with Crippen molar-refractivity contribution in [3.63, 3.8) is 0 Å². The van der Waals surface area contributed by atoms with Crippen LogP contribution in [0.5, 0.6) is 0 Å². The Hall–Kier alpha value is -1.98. The van der Waals surface area contributed by atoms with Crippen LogP contribution in [0.1, 0.15) is 24.0 Å². The van der Waals surface area contributed by atoms with Gasteiger partial charge in [0, 0.05) is 31.0 Å². The Labute approximate surface area is 106 Å². The Bertz CT molecular complexity index is 515. The SMILES string of the molecule is Cc1cc(N2CCC(n3ccnn3)C2)nc(C)n1. The molecule has 0 spiro atoms. The molecular formula is C12H16N6. The molecule has 0 radical (unpaired) electrons. The second-order valence-electron chi connectivity index (χ2n) is 4.69. The summed E-state index contributed by atoms with van der Waals surface area (Å²) in [6.07, 6.45) is 4.72. The molecule has 0 N–H and O–H groups in total. The summed E-state index contributed by atoms with van der Waals surface area (Å²) in [6.45, 7) is 5.87. The molecule has 1 unspecified atom stereocenters. The quantitative estimate of drug-likeness (QED) is 0.792. The maximum absolute atomic E-state index is 4.50. The van der Waals surface area contributed by atoms with Gasteiger partial charge in [0.15, 0.2) is 0 Å². The van der Waals surface area contributed by atoms with E-state index in [0.29, 0.717) is 6.04 Å². The van der Waals surface area contributed by atoms with Gasteiger partial charge < -0.3 is 4.90 Å². The number of aromatic nitrogens is 5. The summed E-state index contributed by atoms with van der Waals surface area (Å²) < 4.78 is 1.93. The Morgan fingerprint density at radius 3 is 2.89 bits per heavy atom. The summed E-state index contributed by atoms with van der Waals surface area (Å²) in [5.41, 5.74) is 1.02. The lowest BCUT2D eigenvalue weighted by Crippen LogP contribution is -2.22. The first kappa shape index (κ1) is 11.1. The lowest BCUT2D eigenvalue weighted by atomic mass is 10.3. The molecule has 1 aliphatic heterocycles. The molecule has 0 aliphatic carbocycles. The van der Waals surface area contributed by atoms with E-state index in [0.717, 1.165) is 36.8 Å². The zero-order valence-electron chi connectivity index (χ0n) is 10.6. The zero-order chi connectivity index (χ0) is 12.5. The van der Waals surface area contributed by atoms with Gasteiger partial charge in [0.2, 0.25) is 0 Å². The molecule has 0 amide bonds. The van der Waals surface area contributed by atoms with Crippen LogP contribution in [0.25, 0.3) is 0 Å². The predicted octanol–water partition coefficient (Wildman–Crippen LogP) is 1.14. The van der Waals surface area contributed by atoms with E-state index >= 15 is 0 Å². The van der Waals surface area contributed by atoms with Crippen LogP contribution in [0.3, 0.4) is 0 Å². The molecule has 0 bridgehead atoms. The van der Waals surface area contributed by atoms with Crippen LogP contribution in [-0.2, 0) is 0 Å². The Morgan fingerprint density at radius 1 is 1.28 bits per heavy atom. The van der Waals surface area contributed by atoms with Gasteiger partial charge in [-0.2, -0.15) is 0 Å². The molecule has 2 aromatic rings.